The number of rotatable bonds is 2. The van der Waals surface area contributed by atoms with Gasteiger partial charge in [0, 0.05) is 15.5 Å². The first-order valence-electron chi connectivity index (χ1n) is 5.52. The van der Waals surface area contributed by atoms with Crippen LogP contribution in [-0.4, -0.2) is 0 Å². The van der Waals surface area contributed by atoms with E-state index >= 15 is 0 Å². The Morgan fingerprint density at radius 3 is 1.82 bits per heavy atom. The lowest BCUT2D eigenvalue weighted by Crippen LogP contribution is -2.18. The maximum Gasteiger partial charge on any atom is 0.0423 e. The summed E-state index contributed by atoms with van der Waals surface area (Å²) in [5, 5.41) is 1.35. The Labute approximate surface area is 112 Å². The molecule has 0 spiro atoms. The van der Waals surface area contributed by atoms with E-state index in [1.807, 2.05) is 30.3 Å². The van der Waals surface area contributed by atoms with Crippen LogP contribution in [0.5, 0.6) is 0 Å². The van der Waals surface area contributed by atoms with Crippen LogP contribution in [0.4, 0.5) is 0 Å². The average molecular weight is 265 g/mol. The van der Waals surface area contributed by atoms with E-state index < -0.39 is 0 Å². The zero-order chi connectivity index (χ0) is 12.5. The van der Waals surface area contributed by atoms with Crippen LogP contribution < -0.4 is 0 Å². The smallest absolute Gasteiger partial charge is 0.0423 e. The van der Waals surface area contributed by atoms with Crippen molar-refractivity contribution in [2.24, 2.45) is 0 Å². The van der Waals surface area contributed by atoms with Gasteiger partial charge in [0.1, 0.15) is 0 Å². The molecule has 0 unspecified atom stereocenters. The van der Waals surface area contributed by atoms with Gasteiger partial charge in [-0.1, -0.05) is 67.4 Å². The fourth-order valence-corrected chi connectivity index (χ4v) is 2.46. The van der Waals surface area contributed by atoms with Gasteiger partial charge >= 0.3 is 0 Å². The van der Waals surface area contributed by atoms with Crippen LogP contribution in [0.25, 0.3) is 0 Å². The summed E-state index contributed by atoms with van der Waals surface area (Å²) < 4.78 is 0. The predicted molar refractivity (Wildman–Crippen MR) is 75.0 cm³/mol. The second-order valence-corrected chi connectivity index (χ2v) is 5.52. The molecule has 0 N–H and O–H groups in total. The minimum Gasteiger partial charge on any atom is -0.0843 e. The lowest BCUT2D eigenvalue weighted by molar-refractivity contribution is 0.641. The molecule has 2 rings (SSSR count). The lowest BCUT2D eigenvalue weighted by Gasteiger charge is -2.26. The van der Waals surface area contributed by atoms with Gasteiger partial charge in [-0.15, -0.1) is 0 Å². The van der Waals surface area contributed by atoms with Crippen molar-refractivity contribution < 1.29 is 0 Å². The molecule has 0 saturated heterocycles. The molecule has 0 aliphatic rings. The van der Waals surface area contributed by atoms with Gasteiger partial charge in [-0.2, -0.15) is 0 Å². The summed E-state index contributed by atoms with van der Waals surface area (Å²) in [7, 11) is 0. The molecule has 88 valence electrons. The summed E-state index contributed by atoms with van der Waals surface area (Å²) in [6, 6.07) is 16.1. The van der Waals surface area contributed by atoms with Crippen molar-refractivity contribution in [3.8, 4) is 0 Å². The lowest BCUT2D eigenvalue weighted by atomic mass is 9.78. The molecule has 0 bridgehead atoms. The minimum absolute atomic E-state index is 0.101. The van der Waals surface area contributed by atoms with Crippen LogP contribution in [-0.2, 0) is 5.41 Å². The van der Waals surface area contributed by atoms with Crippen LogP contribution in [0, 0.1) is 0 Å². The van der Waals surface area contributed by atoms with Gasteiger partial charge in [0.2, 0.25) is 0 Å². The summed E-state index contributed by atoms with van der Waals surface area (Å²) in [5.41, 5.74) is 2.27. The molecule has 0 saturated carbocycles. The van der Waals surface area contributed by atoms with E-state index in [0.29, 0.717) is 10.0 Å². The Balaban J connectivity index is 2.51. The first-order valence-corrected chi connectivity index (χ1v) is 6.28. The number of halogens is 2. The van der Waals surface area contributed by atoms with Crippen molar-refractivity contribution >= 4 is 23.2 Å². The molecule has 17 heavy (non-hydrogen) atoms. The van der Waals surface area contributed by atoms with E-state index in [0.717, 1.165) is 5.56 Å². The zero-order valence-electron chi connectivity index (χ0n) is 9.87. The van der Waals surface area contributed by atoms with E-state index in [4.69, 9.17) is 23.2 Å². The average Bonchev–Trinajstić information content (AvgIpc) is 2.29. The molecule has 0 fully saturated rings. The first-order chi connectivity index (χ1) is 8.00. The Hall–Kier alpha value is -0.980. The van der Waals surface area contributed by atoms with Crippen LogP contribution in [0.1, 0.15) is 25.0 Å². The Morgan fingerprint density at radius 2 is 1.29 bits per heavy atom. The molecule has 2 heteroatoms. The molecule has 0 atom stereocenters. The fraction of sp³-hybridized carbons (Fsp3) is 0.200. The molecule has 0 amide bonds. The SMILES string of the molecule is CC(C)(c1ccccc1)c1cc(Cl)cc(Cl)c1. The van der Waals surface area contributed by atoms with E-state index in [-0.39, 0.29) is 5.41 Å². The van der Waals surface area contributed by atoms with Gasteiger partial charge in [0.15, 0.2) is 0 Å². The quantitative estimate of drug-likeness (QED) is 0.689. The summed E-state index contributed by atoms with van der Waals surface area (Å²) in [6.07, 6.45) is 0. The molecule has 0 nitrogen and oxygen atoms in total. The molecule has 0 aliphatic carbocycles. The highest BCUT2D eigenvalue weighted by Crippen LogP contribution is 2.34. The monoisotopic (exact) mass is 264 g/mol. The number of benzene rings is 2. The molecule has 0 aliphatic heterocycles. The van der Waals surface area contributed by atoms with Crippen molar-refractivity contribution in [3.05, 3.63) is 69.7 Å². The van der Waals surface area contributed by atoms with Crippen molar-refractivity contribution in [2.75, 3.05) is 0 Å². The predicted octanol–water partition coefficient (Wildman–Crippen LogP) is 5.32. The molecule has 0 radical (unpaired) electrons. The van der Waals surface area contributed by atoms with Crippen molar-refractivity contribution in [3.63, 3.8) is 0 Å². The van der Waals surface area contributed by atoms with Gasteiger partial charge in [-0.25, -0.2) is 0 Å². The summed E-state index contributed by atoms with van der Waals surface area (Å²) in [5.74, 6) is 0. The largest absolute Gasteiger partial charge is 0.0843 e. The molecular weight excluding hydrogens is 251 g/mol. The van der Waals surface area contributed by atoms with E-state index in [1.54, 1.807) is 6.07 Å². The summed E-state index contributed by atoms with van der Waals surface area (Å²) in [6.45, 7) is 4.34. The third-order valence-electron chi connectivity index (χ3n) is 3.08. The molecule has 2 aromatic rings. The topological polar surface area (TPSA) is 0 Å². The standard InChI is InChI=1S/C15H14Cl2/c1-15(2,11-6-4-3-5-7-11)12-8-13(16)10-14(17)9-12/h3-10H,1-2H3. The number of hydrogen-bond donors (Lipinski definition) is 0. The maximum absolute atomic E-state index is 6.06. The van der Waals surface area contributed by atoms with E-state index in [2.05, 4.69) is 26.0 Å². The fourth-order valence-electron chi connectivity index (χ4n) is 1.94. The van der Waals surface area contributed by atoms with E-state index in [1.165, 1.54) is 5.56 Å². The highest BCUT2D eigenvalue weighted by Gasteiger charge is 2.23. The third kappa shape index (κ3) is 2.65. The van der Waals surface area contributed by atoms with Gasteiger partial charge in [0.25, 0.3) is 0 Å². The molecule has 0 aromatic heterocycles. The maximum atomic E-state index is 6.06. The summed E-state index contributed by atoms with van der Waals surface area (Å²) in [4.78, 5) is 0. The van der Waals surface area contributed by atoms with Gasteiger partial charge < -0.3 is 0 Å². The normalized spacial score (nSPS) is 11.5. The van der Waals surface area contributed by atoms with Crippen LogP contribution in [0.3, 0.4) is 0 Å². The van der Waals surface area contributed by atoms with Crippen molar-refractivity contribution in [1.29, 1.82) is 0 Å². The van der Waals surface area contributed by atoms with E-state index in [9.17, 15) is 0 Å². The first kappa shape index (κ1) is 12.5. The Kier molecular flexibility index (Phi) is 3.46. The second kappa shape index (κ2) is 4.72. The van der Waals surface area contributed by atoms with Gasteiger partial charge in [-0.3, -0.25) is 0 Å². The Bertz CT molecular complexity index is 495. The van der Waals surface area contributed by atoms with Crippen molar-refractivity contribution in [1.82, 2.24) is 0 Å². The third-order valence-corrected chi connectivity index (χ3v) is 3.52. The van der Waals surface area contributed by atoms with Crippen LogP contribution in [0.15, 0.2) is 48.5 Å². The highest BCUT2D eigenvalue weighted by molar-refractivity contribution is 6.34. The van der Waals surface area contributed by atoms with Gasteiger partial charge in [-0.05, 0) is 29.3 Å². The van der Waals surface area contributed by atoms with Crippen LogP contribution in [0.2, 0.25) is 10.0 Å². The molecule has 2 aromatic carbocycles. The second-order valence-electron chi connectivity index (χ2n) is 4.65. The number of hydrogen-bond acceptors (Lipinski definition) is 0. The van der Waals surface area contributed by atoms with Crippen molar-refractivity contribution in [2.45, 2.75) is 19.3 Å². The minimum atomic E-state index is -0.101. The highest BCUT2D eigenvalue weighted by atomic mass is 35.5. The molecular formula is C15H14Cl2. The van der Waals surface area contributed by atoms with Crippen LogP contribution >= 0.6 is 23.2 Å². The zero-order valence-corrected chi connectivity index (χ0v) is 11.4. The molecule has 0 heterocycles. The summed E-state index contributed by atoms with van der Waals surface area (Å²) >= 11 is 12.1. The Morgan fingerprint density at radius 1 is 0.765 bits per heavy atom. The van der Waals surface area contributed by atoms with Gasteiger partial charge in [0.05, 0.1) is 0 Å².